The van der Waals surface area contributed by atoms with E-state index < -0.39 is 11.8 Å². The molecule has 0 amide bonds. The minimum Gasteiger partial charge on any atom is -0.481 e. The third-order valence-corrected chi connectivity index (χ3v) is 5.22. The highest BCUT2D eigenvalue weighted by Gasteiger charge is 2.21. The van der Waals surface area contributed by atoms with Crippen molar-refractivity contribution in [2.75, 3.05) is 0 Å². The van der Waals surface area contributed by atoms with Crippen molar-refractivity contribution in [3.63, 3.8) is 0 Å². The van der Waals surface area contributed by atoms with Crippen molar-refractivity contribution >= 4 is 27.8 Å². The molecule has 0 saturated heterocycles. The van der Waals surface area contributed by atoms with E-state index in [0.717, 1.165) is 38.8 Å². The summed E-state index contributed by atoms with van der Waals surface area (Å²) in [4.78, 5) is 20.4. The Labute approximate surface area is 161 Å². The van der Waals surface area contributed by atoms with Gasteiger partial charge in [0.1, 0.15) is 5.82 Å². The molecule has 0 radical (unpaired) electrons. The molecule has 2 aromatic heterocycles. The molecule has 28 heavy (non-hydrogen) atoms. The Balaban J connectivity index is 2.18. The largest absolute Gasteiger partial charge is 0.481 e. The van der Waals surface area contributed by atoms with Gasteiger partial charge in [-0.2, -0.15) is 0 Å². The maximum atomic E-state index is 13.7. The number of aromatic nitrogens is 2. The molecular formula is C23H19FN2O2. The van der Waals surface area contributed by atoms with Gasteiger partial charge in [0.25, 0.3) is 0 Å². The number of benzene rings is 2. The number of aryl methyl sites for hydroxylation is 3. The van der Waals surface area contributed by atoms with E-state index in [2.05, 4.69) is 9.97 Å². The summed E-state index contributed by atoms with van der Waals surface area (Å²) in [5.74, 6) is -1.31. The number of hydrogen-bond acceptors (Lipinski definition) is 3. The van der Waals surface area contributed by atoms with E-state index in [0.29, 0.717) is 16.4 Å². The molecule has 140 valence electrons. The zero-order valence-corrected chi connectivity index (χ0v) is 15.9. The Bertz CT molecular complexity index is 1250. The number of fused-ring (bicyclic) bond motifs is 3. The minimum atomic E-state index is -0.892. The van der Waals surface area contributed by atoms with Crippen LogP contribution in [-0.2, 0) is 11.2 Å². The second kappa shape index (κ2) is 6.68. The van der Waals surface area contributed by atoms with Gasteiger partial charge in [-0.15, -0.1) is 0 Å². The lowest BCUT2D eigenvalue weighted by Crippen LogP contribution is -2.07. The lowest BCUT2D eigenvalue weighted by atomic mass is 9.86. The van der Waals surface area contributed by atoms with Gasteiger partial charge in [0.05, 0.1) is 23.7 Å². The minimum absolute atomic E-state index is 0.0949. The Morgan fingerprint density at radius 2 is 1.68 bits per heavy atom. The Morgan fingerprint density at radius 1 is 1.00 bits per heavy atom. The highest BCUT2D eigenvalue weighted by molar-refractivity contribution is 6.09. The fourth-order valence-electron chi connectivity index (χ4n) is 3.88. The summed E-state index contributed by atoms with van der Waals surface area (Å²) < 4.78 is 13.7. The Morgan fingerprint density at radius 3 is 2.36 bits per heavy atom. The van der Waals surface area contributed by atoms with Crippen LogP contribution in [-0.4, -0.2) is 21.0 Å². The van der Waals surface area contributed by atoms with Gasteiger partial charge in [-0.3, -0.25) is 14.8 Å². The molecule has 0 atom stereocenters. The zero-order valence-electron chi connectivity index (χ0n) is 15.9. The lowest BCUT2D eigenvalue weighted by molar-refractivity contribution is -0.136. The number of rotatable bonds is 3. The van der Waals surface area contributed by atoms with Gasteiger partial charge in [0, 0.05) is 17.0 Å². The van der Waals surface area contributed by atoms with Crippen LogP contribution in [0.25, 0.3) is 32.9 Å². The van der Waals surface area contributed by atoms with E-state index >= 15 is 0 Å². The molecule has 0 aliphatic carbocycles. The van der Waals surface area contributed by atoms with Crippen molar-refractivity contribution in [3.05, 3.63) is 70.8 Å². The average Bonchev–Trinajstić information content (AvgIpc) is 2.66. The number of aliphatic carboxylic acids is 1. The quantitative estimate of drug-likeness (QED) is 0.504. The van der Waals surface area contributed by atoms with Gasteiger partial charge in [-0.05, 0) is 54.7 Å². The molecule has 0 fully saturated rings. The van der Waals surface area contributed by atoms with Crippen LogP contribution in [0.2, 0.25) is 0 Å². The third kappa shape index (κ3) is 2.89. The number of pyridine rings is 2. The molecule has 1 N–H and O–H groups in total. The number of nitrogens with zero attached hydrogens (tertiary/aromatic N) is 2. The van der Waals surface area contributed by atoms with Gasteiger partial charge in [0.15, 0.2) is 0 Å². The van der Waals surface area contributed by atoms with Crippen molar-refractivity contribution in [1.29, 1.82) is 0 Å². The fraction of sp³-hybridized carbons (Fsp3) is 0.174. The number of halogens is 1. The summed E-state index contributed by atoms with van der Waals surface area (Å²) in [6.07, 6.45) is 2.70. The van der Waals surface area contributed by atoms with E-state index in [1.807, 2.05) is 45.0 Å². The van der Waals surface area contributed by atoms with Crippen molar-refractivity contribution in [3.8, 4) is 11.1 Å². The standard InChI is InChI=1S/C23H19FN2O2/c1-12-4-6-15(7-5-12)20-14(3)21-22(13(2)18(20)9-19(27)28)25-10-16-8-17(24)11-26-23(16)21/h4-8,10-11H,9H2,1-3H3,(H,27,28). The lowest BCUT2D eigenvalue weighted by Gasteiger charge is -2.19. The highest BCUT2D eigenvalue weighted by atomic mass is 19.1. The third-order valence-electron chi connectivity index (χ3n) is 5.22. The number of carboxylic acid groups (broad SMARTS) is 1. The first kappa shape index (κ1) is 18.0. The summed E-state index contributed by atoms with van der Waals surface area (Å²) >= 11 is 0. The SMILES string of the molecule is Cc1ccc(-c2c(CC(=O)O)c(C)c3ncc4cc(F)cnc4c3c2C)cc1. The maximum Gasteiger partial charge on any atom is 0.307 e. The van der Waals surface area contributed by atoms with Crippen LogP contribution in [0.3, 0.4) is 0 Å². The maximum absolute atomic E-state index is 13.7. The molecule has 0 aliphatic rings. The van der Waals surface area contributed by atoms with E-state index in [-0.39, 0.29) is 6.42 Å². The number of carbonyl (C=O) groups is 1. The van der Waals surface area contributed by atoms with Crippen LogP contribution in [0.5, 0.6) is 0 Å². The molecule has 0 spiro atoms. The molecule has 0 bridgehead atoms. The molecule has 4 nitrogen and oxygen atoms in total. The number of carboxylic acids is 1. The summed E-state index contributed by atoms with van der Waals surface area (Å²) in [5.41, 5.74) is 6.79. The first-order chi connectivity index (χ1) is 13.4. The fourth-order valence-corrected chi connectivity index (χ4v) is 3.88. The van der Waals surface area contributed by atoms with Crippen molar-refractivity contribution in [1.82, 2.24) is 9.97 Å². The van der Waals surface area contributed by atoms with Crippen molar-refractivity contribution in [2.24, 2.45) is 0 Å². The predicted octanol–water partition coefficient (Wildman–Crippen LogP) is 5.14. The highest BCUT2D eigenvalue weighted by Crippen LogP contribution is 2.38. The van der Waals surface area contributed by atoms with Gasteiger partial charge >= 0.3 is 5.97 Å². The summed E-state index contributed by atoms with van der Waals surface area (Å²) in [6, 6.07) is 9.43. The van der Waals surface area contributed by atoms with Gasteiger partial charge in [-0.25, -0.2) is 4.39 Å². The van der Waals surface area contributed by atoms with Gasteiger partial charge in [0.2, 0.25) is 0 Å². The monoisotopic (exact) mass is 374 g/mol. The normalized spacial score (nSPS) is 11.3. The Kier molecular flexibility index (Phi) is 4.30. The van der Waals surface area contributed by atoms with E-state index in [1.54, 1.807) is 6.20 Å². The van der Waals surface area contributed by atoms with Crippen LogP contribution >= 0.6 is 0 Å². The van der Waals surface area contributed by atoms with Crippen LogP contribution in [0.4, 0.5) is 4.39 Å². The van der Waals surface area contributed by atoms with Crippen LogP contribution in [0.1, 0.15) is 22.3 Å². The molecule has 2 aromatic carbocycles. The molecule has 4 aromatic rings. The predicted molar refractivity (Wildman–Crippen MR) is 108 cm³/mol. The van der Waals surface area contributed by atoms with Crippen LogP contribution < -0.4 is 0 Å². The molecular weight excluding hydrogens is 355 g/mol. The molecule has 0 unspecified atom stereocenters. The summed E-state index contributed by atoms with van der Waals surface area (Å²) in [6.45, 7) is 5.85. The topological polar surface area (TPSA) is 63.1 Å². The van der Waals surface area contributed by atoms with Crippen LogP contribution in [0.15, 0.2) is 42.7 Å². The molecule has 5 heteroatoms. The van der Waals surface area contributed by atoms with Gasteiger partial charge in [-0.1, -0.05) is 29.8 Å². The second-order valence-corrected chi connectivity index (χ2v) is 7.11. The second-order valence-electron chi connectivity index (χ2n) is 7.11. The molecule has 0 aliphatic heterocycles. The molecule has 4 rings (SSSR count). The van der Waals surface area contributed by atoms with Crippen LogP contribution in [0, 0.1) is 26.6 Å². The molecule has 2 heterocycles. The van der Waals surface area contributed by atoms with Gasteiger partial charge < -0.3 is 5.11 Å². The first-order valence-electron chi connectivity index (χ1n) is 9.01. The Hall–Kier alpha value is -3.34. The number of hydrogen-bond donors (Lipinski definition) is 1. The van der Waals surface area contributed by atoms with Crippen molar-refractivity contribution in [2.45, 2.75) is 27.2 Å². The molecule has 0 saturated carbocycles. The average molecular weight is 374 g/mol. The van der Waals surface area contributed by atoms with E-state index in [1.165, 1.54) is 12.3 Å². The smallest absolute Gasteiger partial charge is 0.307 e. The van der Waals surface area contributed by atoms with E-state index in [9.17, 15) is 14.3 Å². The first-order valence-corrected chi connectivity index (χ1v) is 9.01. The van der Waals surface area contributed by atoms with Crippen molar-refractivity contribution < 1.29 is 14.3 Å². The summed E-state index contributed by atoms with van der Waals surface area (Å²) in [7, 11) is 0. The van der Waals surface area contributed by atoms with E-state index in [4.69, 9.17) is 0 Å². The zero-order chi connectivity index (χ0) is 20.0. The summed E-state index contributed by atoms with van der Waals surface area (Å²) in [5, 5.41) is 11.0.